The standard InChI is InChI=1S/C19H15N5O2/c25-24(26)17-11-20-19(21-12-17)22-16-6-7-18-15(10-16)8-9-23(18)13-14-4-2-1-3-5-14/h1-12H,13H2,(H,20,21,22). The quantitative estimate of drug-likeness (QED) is 0.434. The minimum absolute atomic E-state index is 0.135. The van der Waals surface area contributed by atoms with Gasteiger partial charge in [0.15, 0.2) is 0 Å². The summed E-state index contributed by atoms with van der Waals surface area (Å²) in [5.41, 5.74) is 3.06. The minimum atomic E-state index is -0.523. The first kappa shape index (κ1) is 15.8. The van der Waals surface area contributed by atoms with Gasteiger partial charge in [-0.2, -0.15) is 0 Å². The van der Waals surface area contributed by atoms with Crippen LogP contribution in [0, 0.1) is 10.1 Å². The van der Waals surface area contributed by atoms with Gasteiger partial charge in [-0.15, -0.1) is 0 Å². The van der Waals surface area contributed by atoms with Gasteiger partial charge in [-0.05, 0) is 29.8 Å². The van der Waals surface area contributed by atoms with Crippen molar-refractivity contribution in [3.8, 4) is 0 Å². The van der Waals surface area contributed by atoms with Gasteiger partial charge in [0.25, 0.3) is 0 Å². The van der Waals surface area contributed by atoms with Crippen LogP contribution < -0.4 is 5.32 Å². The average molecular weight is 345 g/mol. The highest BCUT2D eigenvalue weighted by Gasteiger charge is 2.08. The van der Waals surface area contributed by atoms with Gasteiger partial charge >= 0.3 is 5.69 Å². The summed E-state index contributed by atoms with van der Waals surface area (Å²) < 4.78 is 2.19. The van der Waals surface area contributed by atoms with E-state index in [9.17, 15) is 10.1 Å². The largest absolute Gasteiger partial charge is 0.343 e. The molecular weight excluding hydrogens is 330 g/mol. The van der Waals surface area contributed by atoms with Crippen LogP contribution in [-0.4, -0.2) is 19.5 Å². The van der Waals surface area contributed by atoms with Crippen molar-refractivity contribution in [2.75, 3.05) is 5.32 Å². The van der Waals surface area contributed by atoms with E-state index in [1.165, 1.54) is 18.0 Å². The number of rotatable bonds is 5. The maximum atomic E-state index is 10.7. The van der Waals surface area contributed by atoms with E-state index in [0.717, 1.165) is 23.1 Å². The van der Waals surface area contributed by atoms with E-state index in [-0.39, 0.29) is 5.69 Å². The summed E-state index contributed by atoms with van der Waals surface area (Å²) in [6, 6.07) is 18.3. The molecule has 0 bridgehead atoms. The van der Waals surface area contributed by atoms with Crippen molar-refractivity contribution in [3.05, 3.63) is 88.9 Å². The predicted molar refractivity (Wildman–Crippen MR) is 99.5 cm³/mol. The molecule has 0 atom stereocenters. The lowest BCUT2D eigenvalue weighted by atomic mass is 10.2. The molecule has 0 spiro atoms. The molecule has 0 aliphatic rings. The summed E-state index contributed by atoms with van der Waals surface area (Å²) in [6.07, 6.45) is 4.43. The van der Waals surface area contributed by atoms with Gasteiger partial charge in [0.2, 0.25) is 5.95 Å². The van der Waals surface area contributed by atoms with Crippen LogP contribution >= 0.6 is 0 Å². The summed E-state index contributed by atoms with van der Waals surface area (Å²) in [5.74, 6) is 0.318. The van der Waals surface area contributed by atoms with Crippen LogP contribution in [0.4, 0.5) is 17.3 Å². The van der Waals surface area contributed by atoms with E-state index in [4.69, 9.17) is 0 Å². The maximum Gasteiger partial charge on any atom is 0.305 e. The molecule has 0 unspecified atom stereocenters. The first-order valence-electron chi connectivity index (χ1n) is 8.05. The predicted octanol–water partition coefficient (Wildman–Crippen LogP) is 4.13. The molecule has 0 saturated carbocycles. The fourth-order valence-corrected chi connectivity index (χ4v) is 2.81. The van der Waals surface area contributed by atoms with Crippen molar-refractivity contribution in [2.45, 2.75) is 6.54 Å². The first-order valence-corrected chi connectivity index (χ1v) is 8.05. The summed E-state index contributed by atoms with van der Waals surface area (Å²) in [5, 5.41) is 14.8. The Kier molecular flexibility index (Phi) is 4.03. The Labute approximate surface area is 149 Å². The molecule has 4 aromatic rings. The van der Waals surface area contributed by atoms with Crippen LogP contribution in [0.25, 0.3) is 10.9 Å². The number of nitrogens with zero attached hydrogens (tertiary/aromatic N) is 4. The van der Waals surface area contributed by atoms with E-state index in [1.54, 1.807) is 0 Å². The van der Waals surface area contributed by atoms with Crippen molar-refractivity contribution >= 4 is 28.2 Å². The summed E-state index contributed by atoms with van der Waals surface area (Å²) in [4.78, 5) is 18.1. The van der Waals surface area contributed by atoms with E-state index in [0.29, 0.717) is 5.95 Å². The number of hydrogen-bond acceptors (Lipinski definition) is 5. The van der Waals surface area contributed by atoms with Crippen molar-refractivity contribution in [1.82, 2.24) is 14.5 Å². The third-order valence-electron chi connectivity index (χ3n) is 4.07. The topological polar surface area (TPSA) is 85.9 Å². The Balaban J connectivity index is 1.55. The Hall–Kier alpha value is -3.74. The highest BCUT2D eigenvalue weighted by Crippen LogP contribution is 2.23. The van der Waals surface area contributed by atoms with Crippen LogP contribution in [0.5, 0.6) is 0 Å². The Morgan fingerprint density at radius 3 is 2.54 bits per heavy atom. The highest BCUT2D eigenvalue weighted by molar-refractivity contribution is 5.84. The van der Waals surface area contributed by atoms with E-state index in [2.05, 4.69) is 44.2 Å². The second-order valence-electron chi connectivity index (χ2n) is 5.85. The van der Waals surface area contributed by atoms with Gasteiger partial charge in [-0.1, -0.05) is 30.3 Å². The number of hydrogen-bond donors (Lipinski definition) is 1. The van der Waals surface area contributed by atoms with Crippen LogP contribution in [0.1, 0.15) is 5.56 Å². The average Bonchev–Trinajstić information content (AvgIpc) is 3.05. The molecule has 0 aliphatic heterocycles. The molecule has 0 aliphatic carbocycles. The fraction of sp³-hybridized carbons (Fsp3) is 0.0526. The smallest absolute Gasteiger partial charge is 0.305 e. The minimum Gasteiger partial charge on any atom is -0.343 e. The van der Waals surface area contributed by atoms with Gasteiger partial charge in [0, 0.05) is 29.3 Å². The zero-order valence-corrected chi connectivity index (χ0v) is 13.7. The molecule has 2 aromatic carbocycles. The maximum absolute atomic E-state index is 10.7. The highest BCUT2D eigenvalue weighted by atomic mass is 16.6. The van der Waals surface area contributed by atoms with E-state index >= 15 is 0 Å². The fourth-order valence-electron chi connectivity index (χ4n) is 2.81. The molecule has 0 radical (unpaired) electrons. The molecule has 1 N–H and O–H groups in total. The van der Waals surface area contributed by atoms with Crippen molar-refractivity contribution < 1.29 is 4.92 Å². The van der Waals surface area contributed by atoms with Crippen molar-refractivity contribution in [1.29, 1.82) is 0 Å². The summed E-state index contributed by atoms with van der Waals surface area (Å²) in [6.45, 7) is 0.808. The van der Waals surface area contributed by atoms with Gasteiger partial charge in [-0.3, -0.25) is 10.1 Å². The Morgan fingerprint density at radius 1 is 1.04 bits per heavy atom. The second-order valence-corrected chi connectivity index (χ2v) is 5.85. The molecule has 4 rings (SSSR count). The van der Waals surface area contributed by atoms with Gasteiger partial charge in [-0.25, -0.2) is 9.97 Å². The molecule has 128 valence electrons. The number of nitrogens with one attached hydrogen (secondary N) is 1. The second kappa shape index (κ2) is 6.64. The number of benzene rings is 2. The molecule has 0 fully saturated rings. The molecule has 2 aromatic heterocycles. The van der Waals surface area contributed by atoms with Gasteiger partial charge < -0.3 is 9.88 Å². The molecule has 0 amide bonds. The first-order chi connectivity index (χ1) is 12.7. The van der Waals surface area contributed by atoms with Gasteiger partial charge in [0.05, 0.1) is 4.92 Å². The summed E-state index contributed by atoms with van der Waals surface area (Å²) in [7, 11) is 0. The third-order valence-corrected chi connectivity index (χ3v) is 4.07. The lowest BCUT2D eigenvalue weighted by molar-refractivity contribution is -0.385. The van der Waals surface area contributed by atoms with Gasteiger partial charge in [0.1, 0.15) is 12.4 Å². The van der Waals surface area contributed by atoms with Crippen molar-refractivity contribution in [3.63, 3.8) is 0 Å². The van der Waals surface area contributed by atoms with E-state index < -0.39 is 4.92 Å². The number of anilines is 2. The van der Waals surface area contributed by atoms with E-state index in [1.807, 2.05) is 36.4 Å². The molecule has 7 heteroatoms. The molecule has 0 saturated heterocycles. The third kappa shape index (κ3) is 3.23. The van der Waals surface area contributed by atoms with Crippen LogP contribution in [0.3, 0.4) is 0 Å². The lowest BCUT2D eigenvalue weighted by Crippen LogP contribution is -1.99. The number of aromatic nitrogens is 3. The van der Waals surface area contributed by atoms with Crippen molar-refractivity contribution in [2.24, 2.45) is 0 Å². The zero-order valence-electron chi connectivity index (χ0n) is 13.7. The SMILES string of the molecule is O=[N+]([O-])c1cnc(Nc2ccc3c(ccn3Cc3ccccc3)c2)nc1. The zero-order chi connectivity index (χ0) is 17.9. The monoisotopic (exact) mass is 345 g/mol. The van der Waals surface area contributed by atoms with Crippen LogP contribution in [0.2, 0.25) is 0 Å². The Bertz CT molecular complexity index is 1060. The lowest BCUT2D eigenvalue weighted by Gasteiger charge is -2.07. The summed E-state index contributed by atoms with van der Waals surface area (Å²) >= 11 is 0. The normalized spacial score (nSPS) is 10.8. The molecule has 2 heterocycles. The Morgan fingerprint density at radius 2 is 1.81 bits per heavy atom. The molecule has 7 nitrogen and oxygen atoms in total. The molecular formula is C19H15N5O2. The number of nitro groups is 1. The number of fused-ring (bicyclic) bond motifs is 1. The molecule has 26 heavy (non-hydrogen) atoms. The van der Waals surface area contributed by atoms with Crippen LogP contribution in [-0.2, 0) is 6.54 Å². The van der Waals surface area contributed by atoms with Crippen LogP contribution in [0.15, 0.2) is 73.2 Å².